The van der Waals surface area contributed by atoms with E-state index < -0.39 is 5.41 Å². The van der Waals surface area contributed by atoms with Crippen molar-refractivity contribution in [2.75, 3.05) is 12.3 Å². The zero-order valence-electron chi connectivity index (χ0n) is 10.6. The summed E-state index contributed by atoms with van der Waals surface area (Å²) in [6.45, 7) is 4.39. The molecule has 0 spiro atoms. The molecule has 0 saturated carbocycles. The van der Waals surface area contributed by atoms with Crippen LogP contribution < -0.4 is 11.5 Å². The van der Waals surface area contributed by atoms with Gasteiger partial charge in [0.15, 0.2) is 0 Å². The number of aromatic nitrogens is 1. The average Bonchev–Trinajstić information content (AvgIpc) is 2.35. The Morgan fingerprint density at radius 1 is 1.41 bits per heavy atom. The Bertz CT molecular complexity index is 378. The molecule has 4 heteroatoms. The molecule has 1 aromatic heterocycles. The van der Waals surface area contributed by atoms with Crippen LogP contribution in [0.15, 0.2) is 18.5 Å². The summed E-state index contributed by atoms with van der Waals surface area (Å²) in [6, 6.07) is 1.71. The van der Waals surface area contributed by atoms with Crippen molar-refractivity contribution in [1.82, 2.24) is 4.98 Å². The summed E-state index contributed by atoms with van der Waals surface area (Å²) >= 11 is 0. The van der Waals surface area contributed by atoms with Crippen LogP contribution in [-0.4, -0.2) is 17.3 Å². The van der Waals surface area contributed by atoms with Gasteiger partial charge in [0.25, 0.3) is 0 Å². The number of hydrogen-bond acceptors (Lipinski definition) is 4. The molecule has 1 rings (SSSR count). The molecule has 0 unspecified atom stereocenters. The summed E-state index contributed by atoms with van der Waals surface area (Å²) in [7, 11) is 0. The fraction of sp³-hybridized carbons (Fsp3) is 0.538. The van der Waals surface area contributed by atoms with Crippen molar-refractivity contribution in [2.45, 2.75) is 33.1 Å². The van der Waals surface area contributed by atoms with E-state index in [2.05, 4.69) is 4.98 Å². The first-order chi connectivity index (χ1) is 8.09. The molecule has 0 bridgehead atoms. The lowest BCUT2D eigenvalue weighted by Crippen LogP contribution is -2.38. The highest BCUT2D eigenvalue weighted by molar-refractivity contribution is 5.88. The highest BCUT2D eigenvalue weighted by Crippen LogP contribution is 2.28. The lowest BCUT2D eigenvalue weighted by atomic mass is 9.76. The van der Waals surface area contributed by atoms with Gasteiger partial charge in [-0.2, -0.15) is 0 Å². The molecule has 0 aliphatic rings. The van der Waals surface area contributed by atoms with Gasteiger partial charge in [0.05, 0.1) is 0 Å². The molecule has 4 nitrogen and oxygen atoms in total. The van der Waals surface area contributed by atoms with Gasteiger partial charge in [0, 0.05) is 42.0 Å². The van der Waals surface area contributed by atoms with Crippen LogP contribution in [0.25, 0.3) is 0 Å². The Morgan fingerprint density at radius 3 is 2.53 bits per heavy atom. The van der Waals surface area contributed by atoms with Gasteiger partial charge in [0.1, 0.15) is 5.78 Å². The average molecular weight is 235 g/mol. The number of nitrogens with two attached hydrogens (primary N) is 2. The molecule has 0 fully saturated rings. The number of carbonyl (C=O) groups excluding carboxylic acids is 1. The second kappa shape index (κ2) is 5.77. The molecule has 0 aromatic carbocycles. The van der Waals surface area contributed by atoms with Gasteiger partial charge in [-0.3, -0.25) is 9.78 Å². The van der Waals surface area contributed by atoms with Gasteiger partial charge < -0.3 is 11.5 Å². The maximum absolute atomic E-state index is 12.3. The van der Waals surface area contributed by atoms with Gasteiger partial charge in [-0.25, -0.2) is 0 Å². The van der Waals surface area contributed by atoms with E-state index in [9.17, 15) is 4.79 Å². The van der Waals surface area contributed by atoms with Gasteiger partial charge >= 0.3 is 0 Å². The van der Waals surface area contributed by atoms with Crippen LogP contribution >= 0.6 is 0 Å². The van der Waals surface area contributed by atoms with Crippen molar-refractivity contribution in [3.8, 4) is 0 Å². The topological polar surface area (TPSA) is 82.0 Å². The molecule has 0 radical (unpaired) electrons. The highest BCUT2D eigenvalue weighted by atomic mass is 16.1. The van der Waals surface area contributed by atoms with Gasteiger partial charge in [-0.15, -0.1) is 0 Å². The molecule has 94 valence electrons. The number of pyridine rings is 1. The number of rotatable bonds is 6. The molecule has 0 amide bonds. The van der Waals surface area contributed by atoms with E-state index in [1.807, 2.05) is 13.8 Å². The van der Waals surface area contributed by atoms with E-state index >= 15 is 0 Å². The van der Waals surface area contributed by atoms with Crippen LogP contribution in [0.1, 0.15) is 32.3 Å². The minimum atomic E-state index is -0.414. The maximum atomic E-state index is 12.3. The van der Waals surface area contributed by atoms with Crippen molar-refractivity contribution in [3.05, 3.63) is 24.0 Å². The monoisotopic (exact) mass is 235 g/mol. The quantitative estimate of drug-likeness (QED) is 0.783. The third-order valence-corrected chi connectivity index (χ3v) is 3.63. The molecule has 0 aliphatic heterocycles. The Balaban J connectivity index is 2.88. The lowest BCUT2D eigenvalue weighted by Gasteiger charge is -2.28. The molecule has 0 atom stereocenters. The molecule has 0 saturated heterocycles. The molecule has 17 heavy (non-hydrogen) atoms. The zero-order chi connectivity index (χ0) is 12.9. The van der Waals surface area contributed by atoms with Crippen molar-refractivity contribution in [1.29, 1.82) is 0 Å². The summed E-state index contributed by atoms with van der Waals surface area (Å²) in [5.41, 5.74) is 12.6. The number of anilines is 1. The molecule has 1 heterocycles. The third kappa shape index (κ3) is 2.82. The number of nitrogens with zero attached hydrogens (tertiary/aromatic N) is 1. The lowest BCUT2D eigenvalue weighted by molar-refractivity contribution is -0.128. The molecule has 1 aromatic rings. The number of nitrogen functional groups attached to an aromatic ring is 1. The van der Waals surface area contributed by atoms with Crippen LogP contribution in [0.4, 0.5) is 5.69 Å². The van der Waals surface area contributed by atoms with Crippen LogP contribution in [0.3, 0.4) is 0 Å². The number of hydrogen-bond donors (Lipinski definition) is 2. The fourth-order valence-corrected chi connectivity index (χ4v) is 1.99. The predicted molar refractivity (Wildman–Crippen MR) is 69.4 cm³/mol. The molecular formula is C13H21N3O. The summed E-state index contributed by atoms with van der Waals surface area (Å²) < 4.78 is 0. The SMILES string of the molecule is CCC(CC)(CN)C(=O)Cc1cnccc1N. The number of carbonyl (C=O) groups is 1. The van der Waals surface area contributed by atoms with Crippen molar-refractivity contribution < 1.29 is 4.79 Å². The second-order valence-corrected chi connectivity index (χ2v) is 4.37. The Kier molecular flexibility index (Phi) is 4.63. The minimum Gasteiger partial charge on any atom is -0.398 e. The van der Waals surface area contributed by atoms with E-state index in [0.717, 1.165) is 18.4 Å². The van der Waals surface area contributed by atoms with Crippen molar-refractivity contribution in [2.24, 2.45) is 11.1 Å². The standard InChI is InChI=1S/C13H21N3O/c1-3-13(4-2,9-14)12(17)7-10-8-16-6-5-11(10)15/h5-6,8H,3-4,7,9,14H2,1-2H3,(H2,15,16). The largest absolute Gasteiger partial charge is 0.398 e. The maximum Gasteiger partial charge on any atom is 0.144 e. The minimum absolute atomic E-state index is 0.157. The first-order valence-corrected chi connectivity index (χ1v) is 6.01. The normalized spacial score (nSPS) is 11.5. The van der Waals surface area contributed by atoms with Crippen molar-refractivity contribution in [3.63, 3.8) is 0 Å². The molecular weight excluding hydrogens is 214 g/mol. The van der Waals surface area contributed by atoms with Gasteiger partial charge in [-0.05, 0) is 18.9 Å². The summed E-state index contributed by atoms with van der Waals surface area (Å²) in [6.07, 6.45) is 5.12. The number of ketones is 1. The van der Waals surface area contributed by atoms with Crippen molar-refractivity contribution >= 4 is 11.5 Å². The van der Waals surface area contributed by atoms with E-state index in [1.54, 1.807) is 18.5 Å². The van der Waals surface area contributed by atoms with E-state index in [-0.39, 0.29) is 5.78 Å². The Hall–Kier alpha value is -1.42. The summed E-state index contributed by atoms with van der Waals surface area (Å²) in [5, 5.41) is 0. The molecule has 0 aliphatic carbocycles. The zero-order valence-corrected chi connectivity index (χ0v) is 10.6. The van der Waals surface area contributed by atoms with Crippen LogP contribution in [0.2, 0.25) is 0 Å². The van der Waals surface area contributed by atoms with Crippen LogP contribution in [-0.2, 0) is 11.2 Å². The third-order valence-electron chi connectivity index (χ3n) is 3.63. The first-order valence-electron chi connectivity index (χ1n) is 6.01. The van der Waals surface area contributed by atoms with Crippen LogP contribution in [0, 0.1) is 5.41 Å². The smallest absolute Gasteiger partial charge is 0.144 e. The Labute approximate surface area is 102 Å². The predicted octanol–water partition coefficient (Wildman–Crippen LogP) is 1.54. The van der Waals surface area contributed by atoms with Gasteiger partial charge in [-0.1, -0.05) is 13.8 Å². The van der Waals surface area contributed by atoms with Crippen LogP contribution in [0.5, 0.6) is 0 Å². The number of Topliss-reactive ketones (excluding diaryl/α,β-unsaturated/α-hetero) is 1. The molecule has 4 N–H and O–H groups in total. The summed E-state index contributed by atoms with van der Waals surface area (Å²) in [5.74, 6) is 0.157. The highest BCUT2D eigenvalue weighted by Gasteiger charge is 2.32. The Morgan fingerprint density at radius 2 is 2.06 bits per heavy atom. The van der Waals surface area contributed by atoms with E-state index in [4.69, 9.17) is 11.5 Å². The van der Waals surface area contributed by atoms with E-state index in [0.29, 0.717) is 18.7 Å². The van der Waals surface area contributed by atoms with E-state index in [1.165, 1.54) is 0 Å². The van der Waals surface area contributed by atoms with Gasteiger partial charge in [0.2, 0.25) is 0 Å². The summed E-state index contributed by atoms with van der Waals surface area (Å²) in [4.78, 5) is 16.3. The fourth-order valence-electron chi connectivity index (χ4n) is 1.99. The second-order valence-electron chi connectivity index (χ2n) is 4.37. The first kappa shape index (κ1) is 13.6.